The van der Waals surface area contributed by atoms with Crippen LogP contribution in [0.5, 0.6) is 0 Å². The smallest absolute Gasteiger partial charge is 0.249 e. The van der Waals surface area contributed by atoms with Crippen LogP contribution in [0.3, 0.4) is 0 Å². The first kappa shape index (κ1) is 12.9. The number of amides is 2. The van der Waals surface area contributed by atoms with Crippen LogP contribution in [0.25, 0.3) is 0 Å². The largest absolute Gasteiger partial charge is 0.340 e. The second-order valence-corrected chi connectivity index (χ2v) is 7.31. The maximum atomic E-state index is 12.9. The molecule has 106 valence electrons. The van der Waals surface area contributed by atoms with Gasteiger partial charge in [-0.3, -0.25) is 9.59 Å². The van der Waals surface area contributed by atoms with E-state index in [1.807, 2.05) is 18.7 Å². The summed E-state index contributed by atoms with van der Waals surface area (Å²) < 4.78 is 0. The zero-order valence-electron chi connectivity index (χ0n) is 12.3. The number of hydrogen-bond acceptors (Lipinski definition) is 2. The Morgan fingerprint density at radius 3 is 2.26 bits per heavy atom. The van der Waals surface area contributed by atoms with Gasteiger partial charge < -0.3 is 10.2 Å². The van der Waals surface area contributed by atoms with Gasteiger partial charge in [0.2, 0.25) is 11.8 Å². The van der Waals surface area contributed by atoms with Crippen molar-refractivity contribution in [2.24, 2.45) is 11.3 Å². The van der Waals surface area contributed by atoms with E-state index in [4.69, 9.17) is 0 Å². The van der Waals surface area contributed by atoms with Crippen molar-refractivity contribution in [3.63, 3.8) is 0 Å². The summed E-state index contributed by atoms with van der Waals surface area (Å²) in [7, 11) is 0. The first-order chi connectivity index (χ1) is 8.81. The van der Waals surface area contributed by atoms with Gasteiger partial charge in [-0.25, -0.2) is 0 Å². The van der Waals surface area contributed by atoms with Gasteiger partial charge in [-0.15, -0.1) is 0 Å². The van der Waals surface area contributed by atoms with Crippen molar-refractivity contribution in [3.8, 4) is 0 Å². The van der Waals surface area contributed by atoms with Crippen molar-refractivity contribution in [1.82, 2.24) is 10.2 Å². The van der Waals surface area contributed by atoms with E-state index in [9.17, 15) is 9.59 Å². The van der Waals surface area contributed by atoms with Crippen LogP contribution in [-0.4, -0.2) is 34.3 Å². The predicted octanol–water partition coefficient (Wildman–Crippen LogP) is 1.69. The molecule has 0 bridgehead atoms. The molecule has 4 heteroatoms. The number of piperazine rings is 1. The summed E-state index contributed by atoms with van der Waals surface area (Å²) in [5, 5.41) is 3.02. The molecule has 1 N–H and O–H groups in total. The van der Waals surface area contributed by atoms with Gasteiger partial charge in [0.1, 0.15) is 11.6 Å². The number of carbonyl (C=O) groups is 2. The average molecular weight is 264 g/mol. The van der Waals surface area contributed by atoms with Gasteiger partial charge in [-0.05, 0) is 43.9 Å². The Hall–Kier alpha value is -1.06. The minimum atomic E-state index is -0.651. The van der Waals surface area contributed by atoms with Crippen molar-refractivity contribution in [3.05, 3.63) is 0 Å². The molecule has 1 heterocycles. The van der Waals surface area contributed by atoms with Crippen LogP contribution in [-0.2, 0) is 9.59 Å². The highest BCUT2D eigenvalue weighted by Crippen LogP contribution is 2.52. The molecule has 2 aliphatic carbocycles. The Morgan fingerprint density at radius 2 is 1.84 bits per heavy atom. The van der Waals surface area contributed by atoms with Gasteiger partial charge in [-0.2, -0.15) is 0 Å². The van der Waals surface area contributed by atoms with Crippen molar-refractivity contribution in [2.45, 2.75) is 71.0 Å². The second kappa shape index (κ2) is 3.74. The van der Waals surface area contributed by atoms with E-state index in [1.165, 1.54) is 0 Å². The number of nitrogens with one attached hydrogen (secondary N) is 1. The van der Waals surface area contributed by atoms with E-state index in [0.717, 1.165) is 19.3 Å². The lowest BCUT2D eigenvalue weighted by Gasteiger charge is -2.45. The van der Waals surface area contributed by atoms with Gasteiger partial charge >= 0.3 is 0 Å². The maximum absolute atomic E-state index is 12.9. The first-order valence-electron chi connectivity index (χ1n) is 7.46. The molecule has 19 heavy (non-hydrogen) atoms. The van der Waals surface area contributed by atoms with E-state index >= 15 is 0 Å². The Labute approximate surface area is 114 Å². The third kappa shape index (κ3) is 1.79. The average Bonchev–Trinajstić information content (AvgIpc) is 3.20. The highest BCUT2D eigenvalue weighted by atomic mass is 16.2. The van der Waals surface area contributed by atoms with Crippen molar-refractivity contribution in [2.75, 3.05) is 0 Å². The van der Waals surface area contributed by atoms with Crippen LogP contribution in [0.4, 0.5) is 0 Å². The van der Waals surface area contributed by atoms with E-state index in [2.05, 4.69) is 19.2 Å². The number of nitrogens with zero attached hydrogens (tertiary/aromatic N) is 1. The van der Waals surface area contributed by atoms with Gasteiger partial charge in [0, 0.05) is 6.04 Å². The Bertz CT molecular complexity index is 441. The van der Waals surface area contributed by atoms with Crippen molar-refractivity contribution in [1.29, 1.82) is 0 Å². The zero-order valence-corrected chi connectivity index (χ0v) is 12.3. The Morgan fingerprint density at radius 1 is 1.26 bits per heavy atom. The predicted molar refractivity (Wildman–Crippen MR) is 72.4 cm³/mol. The molecule has 0 aromatic carbocycles. The van der Waals surface area contributed by atoms with Crippen LogP contribution in [0.1, 0.15) is 53.4 Å². The SMILES string of the molecule is CCC1C(=O)NC(C)(C2CC2)C(=O)N1C1CC1(C)C. The normalized spacial score (nSPS) is 41.2. The number of carbonyl (C=O) groups excluding carboxylic acids is 2. The van der Waals surface area contributed by atoms with Gasteiger partial charge in [-0.1, -0.05) is 20.8 Å². The minimum Gasteiger partial charge on any atom is -0.340 e. The molecule has 3 atom stereocenters. The standard InChI is InChI=1S/C15H24N2O2/c1-5-10-12(18)16-15(4,9-6-7-9)13(19)17(10)11-8-14(11,2)3/h9-11H,5-8H2,1-4H3,(H,16,18). The number of hydrogen-bond donors (Lipinski definition) is 1. The van der Waals surface area contributed by atoms with Crippen molar-refractivity contribution < 1.29 is 9.59 Å². The summed E-state index contributed by atoms with van der Waals surface area (Å²) in [5.41, 5.74) is -0.480. The van der Waals surface area contributed by atoms with E-state index in [0.29, 0.717) is 12.3 Å². The lowest BCUT2D eigenvalue weighted by molar-refractivity contribution is -0.156. The van der Waals surface area contributed by atoms with Crippen molar-refractivity contribution >= 4 is 11.8 Å². The topological polar surface area (TPSA) is 49.4 Å². The lowest BCUT2D eigenvalue weighted by atomic mass is 9.88. The summed E-state index contributed by atoms with van der Waals surface area (Å²) in [6, 6.07) is -0.0276. The highest BCUT2D eigenvalue weighted by Gasteiger charge is 2.61. The fourth-order valence-corrected chi connectivity index (χ4v) is 3.52. The fraction of sp³-hybridized carbons (Fsp3) is 0.867. The molecule has 2 saturated carbocycles. The first-order valence-corrected chi connectivity index (χ1v) is 7.46. The monoisotopic (exact) mass is 264 g/mol. The van der Waals surface area contributed by atoms with E-state index < -0.39 is 5.54 Å². The van der Waals surface area contributed by atoms with Gasteiger partial charge in [0.25, 0.3) is 0 Å². The molecule has 2 amide bonds. The molecular weight excluding hydrogens is 240 g/mol. The van der Waals surface area contributed by atoms with Gasteiger partial charge in [0.05, 0.1) is 0 Å². The van der Waals surface area contributed by atoms with Gasteiger partial charge in [0.15, 0.2) is 0 Å². The molecule has 4 nitrogen and oxygen atoms in total. The summed E-state index contributed by atoms with van der Waals surface area (Å²) in [4.78, 5) is 27.2. The molecule has 0 radical (unpaired) electrons. The summed E-state index contributed by atoms with van der Waals surface area (Å²) >= 11 is 0. The minimum absolute atomic E-state index is 0.0409. The van der Waals surface area contributed by atoms with Crippen LogP contribution >= 0.6 is 0 Å². The number of rotatable bonds is 3. The van der Waals surface area contributed by atoms with Crippen LogP contribution in [0, 0.1) is 11.3 Å². The van der Waals surface area contributed by atoms with E-state index in [1.54, 1.807) is 0 Å². The maximum Gasteiger partial charge on any atom is 0.249 e. The van der Waals surface area contributed by atoms with Crippen LogP contribution in [0.2, 0.25) is 0 Å². The Balaban J connectivity index is 1.93. The van der Waals surface area contributed by atoms with E-state index in [-0.39, 0.29) is 29.3 Å². The quantitative estimate of drug-likeness (QED) is 0.843. The lowest BCUT2D eigenvalue weighted by Crippen LogP contribution is -2.70. The highest BCUT2D eigenvalue weighted by molar-refractivity contribution is 6.00. The van der Waals surface area contributed by atoms with Crippen LogP contribution in [0.15, 0.2) is 0 Å². The molecule has 3 aliphatic rings. The summed E-state index contributed by atoms with van der Waals surface area (Å²) in [6.07, 6.45) is 3.83. The summed E-state index contributed by atoms with van der Waals surface area (Å²) in [6.45, 7) is 8.26. The fourth-order valence-electron chi connectivity index (χ4n) is 3.52. The molecule has 3 unspecified atom stereocenters. The molecule has 0 spiro atoms. The molecule has 3 fully saturated rings. The molecule has 1 aliphatic heterocycles. The molecule has 0 aromatic heterocycles. The molecule has 0 aromatic rings. The molecule has 1 saturated heterocycles. The zero-order chi connectivity index (χ0) is 14.0. The van der Waals surface area contributed by atoms with Crippen LogP contribution < -0.4 is 5.32 Å². The third-order valence-corrected chi connectivity index (χ3v) is 5.28. The Kier molecular flexibility index (Phi) is 2.55. The summed E-state index contributed by atoms with van der Waals surface area (Å²) in [5.74, 6) is 0.530. The molecule has 3 rings (SSSR count). The third-order valence-electron chi connectivity index (χ3n) is 5.28. The second-order valence-electron chi connectivity index (χ2n) is 7.31. The molecular formula is C15H24N2O2.